The second-order valence-electron chi connectivity index (χ2n) is 2.42. The van der Waals surface area contributed by atoms with Gasteiger partial charge in [0.1, 0.15) is 5.15 Å². The molecule has 0 amide bonds. The summed E-state index contributed by atoms with van der Waals surface area (Å²) in [5, 5.41) is 0.591. The van der Waals surface area contributed by atoms with Crippen molar-refractivity contribution in [2.75, 3.05) is 5.75 Å². The Kier molecular flexibility index (Phi) is 3.21. The van der Waals surface area contributed by atoms with Crippen LogP contribution in [0.5, 0.6) is 0 Å². The van der Waals surface area contributed by atoms with Gasteiger partial charge in [0, 0.05) is 6.20 Å². The largest absolute Gasteiger partial charge is 0.244 e. The van der Waals surface area contributed by atoms with Crippen LogP contribution in [0.4, 0.5) is 0 Å². The molecule has 1 aromatic rings. The Morgan fingerprint density at radius 1 is 1.64 bits per heavy atom. The summed E-state index contributed by atoms with van der Waals surface area (Å²) in [5.74, 6) is 0.850. The van der Waals surface area contributed by atoms with Crippen LogP contribution in [0.2, 0.25) is 5.15 Å². The quantitative estimate of drug-likeness (QED) is 0.555. The highest BCUT2D eigenvalue weighted by Gasteiger charge is 1.97. The molecule has 0 atom stereocenters. The zero-order chi connectivity index (χ0) is 8.27. The van der Waals surface area contributed by atoms with E-state index in [-0.39, 0.29) is 0 Å². The van der Waals surface area contributed by atoms with Gasteiger partial charge in [-0.2, -0.15) is 12.6 Å². The number of halogens is 1. The molecule has 0 radical (unpaired) electrons. The van der Waals surface area contributed by atoms with E-state index in [2.05, 4.69) is 17.6 Å². The third-order valence-corrected chi connectivity index (χ3v) is 2.09. The molecule has 0 saturated heterocycles. The maximum absolute atomic E-state index is 5.75. The monoisotopic (exact) mass is 187 g/mol. The first-order valence-corrected chi connectivity index (χ1v) is 4.47. The number of hydrogen-bond acceptors (Lipinski definition) is 2. The zero-order valence-corrected chi connectivity index (χ0v) is 7.99. The number of pyridine rings is 1. The lowest BCUT2D eigenvalue weighted by molar-refractivity contribution is 1.10. The van der Waals surface area contributed by atoms with Gasteiger partial charge in [-0.3, -0.25) is 0 Å². The Bertz CT molecular complexity index is 250. The highest BCUT2D eigenvalue weighted by Crippen LogP contribution is 2.12. The fourth-order valence-electron chi connectivity index (χ4n) is 0.882. The second kappa shape index (κ2) is 3.98. The molecule has 0 saturated carbocycles. The first kappa shape index (κ1) is 8.88. The van der Waals surface area contributed by atoms with Gasteiger partial charge >= 0.3 is 0 Å². The minimum Gasteiger partial charge on any atom is -0.244 e. The number of hydrogen-bond donors (Lipinski definition) is 1. The predicted molar refractivity (Wildman–Crippen MR) is 51.5 cm³/mol. The SMILES string of the molecule is Cc1cc(CCS)cnc1Cl. The summed E-state index contributed by atoms with van der Waals surface area (Å²) >= 11 is 9.88. The number of nitrogens with zero attached hydrogens (tertiary/aromatic N) is 1. The van der Waals surface area contributed by atoms with E-state index in [4.69, 9.17) is 11.6 Å². The van der Waals surface area contributed by atoms with Gasteiger partial charge in [-0.15, -0.1) is 0 Å². The maximum Gasteiger partial charge on any atom is 0.131 e. The third kappa shape index (κ3) is 2.38. The standard InChI is InChI=1S/C8H10ClNS/c1-6-4-7(2-3-11)5-10-8(6)9/h4-5,11H,2-3H2,1H3. The van der Waals surface area contributed by atoms with Gasteiger partial charge in [0.15, 0.2) is 0 Å². The van der Waals surface area contributed by atoms with Crippen molar-refractivity contribution < 1.29 is 0 Å². The summed E-state index contributed by atoms with van der Waals surface area (Å²) in [5.41, 5.74) is 2.23. The molecule has 0 aromatic carbocycles. The molecule has 3 heteroatoms. The fraction of sp³-hybridized carbons (Fsp3) is 0.375. The highest BCUT2D eigenvalue weighted by atomic mass is 35.5. The average molecular weight is 188 g/mol. The lowest BCUT2D eigenvalue weighted by Gasteiger charge is -2.00. The van der Waals surface area contributed by atoms with Crippen molar-refractivity contribution in [1.29, 1.82) is 0 Å². The Balaban J connectivity index is 2.86. The van der Waals surface area contributed by atoms with Crippen LogP contribution in [0.25, 0.3) is 0 Å². The normalized spacial score (nSPS) is 10.1. The van der Waals surface area contributed by atoms with Crippen LogP contribution in [-0.2, 0) is 6.42 Å². The molecular formula is C8H10ClNS. The Morgan fingerprint density at radius 2 is 2.36 bits per heavy atom. The molecule has 0 aliphatic rings. The molecule has 1 nitrogen and oxygen atoms in total. The maximum atomic E-state index is 5.75. The van der Waals surface area contributed by atoms with Crippen LogP contribution in [0, 0.1) is 6.92 Å². The van der Waals surface area contributed by atoms with Gasteiger partial charge < -0.3 is 0 Å². The zero-order valence-electron chi connectivity index (χ0n) is 6.34. The average Bonchev–Trinajstić information content (AvgIpc) is 1.98. The predicted octanol–water partition coefficient (Wildman–Crippen LogP) is 2.52. The minimum absolute atomic E-state index is 0.591. The summed E-state index contributed by atoms with van der Waals surface area (Å²) in [7, 11) is 0. The van der Waals surface area contributed by atoms with Crippen molar-refractivity contribution in [1.82, 2.24) is 4.98 Å². The van der Waals surface area contributed by atoms with Gasteiger partial charge in [-0.05, 0) is 30.2 Å². The van der Waals surface area contributed by atoms with Crippen molar-refractivity contribution in [2.24, 2.45) is 0 Å². The molecule has 11 heavy (non-hydrogen) atoms. The van der Waals surface area contributed by atoms with Crippen molar-refractivity contribution in [3.05, 3.63) is 28.5 Å². The molecule has 60 valence electrons. The molecule has 0 aliphatic heterocycles. The third-order valence-electron chi connectivity index (χ3n) is 1.47. The smallest absolute Gasteiger partial charge is 0.131 e. The second-order valence-corrected chi connectivity index (χ2v) is 3.23. The van der Waals surface area contributed by atoms with Gasteiger partial charge in [-0.25, -0.2) is 4.98 Å². The topological polar surface area (TPSA) is 12.9 Å². The van der Waals surface area contributed by atoms with E-state index in [1.807, 2.05) is 13.0 Å². The van der Waals surface area contributed by atoms with E-state index >= 15 is 0 Å². The Hall–Kier alpha value is -0.210. The Morgan fingerprint density at radius 3 is 2.91 bits per heavy atom. The van der Waals surface area contributed by atoms with E-state index in [0.29, 0.717) is 5.15 Å². The number of aromatic nitrogens is 1. The van der Waals surface area contributed by atoms with Crippen LogP contribution >= 0.6 is 24.2 Å². The lowest BCUT2D eigenvalue weighted by Crippen LogP contribution is -1.90. The molecule has 0 N–H and O–H groups in total. The van der Waals surface area contributed by atoms with Gasteiger partial charge in [-0.1, -0.05) is 17.7 Å². The first-order chi connectivity index (χ1) is 5.24. The van der Waals surface area contributed by atoms with Crippen LogP contribution in [0.15, 0.2) is 12.3 Å². The van der Waals surface area contributed by atoms with Gasteiger partial charge in [0.25, 0.3) is 0 Å². The molecule has 0 bridgehead atoms. The molecule has 1 heterocycles. The summed E-state index contributed by atoms with van der Waals surface area (Å²) in [6.07, 6.45) is 2.75. The van der Waals surface area contributed by atoms with Crippen LogP contribution < -0.4 is 0 Å². The van der Waals surface area contributed by atoms with Crippen molar-refractivity contribution in [3.8, 4) is 0 Å². The molecule has 1 rings (SSSR count). The van der Waals surface area contributed by atoms with E-state index < -0.39 is 0 Å². The molecule has 0 fully saturated rings. The molecule has 0 spiro atoms. The van der Waals surface area contributed by atoms with Gasteiger partial charge in [0.2, 0.25) is 0 Å². The number of rotatable bonds is 2. The van der Waals surface area contributed by atoms with Crippen LogP contribution in [-0.4, -0.2) is 10.7 Å². The van der Waals surface area contributed by atoms with E-state index in [1.54, 1.807) is 6.20 Å². The highest BCUT2D eigenvalue weighted by molar-refractivity contribution is 7.80. The van der Waals surface area contributed by atoms with E-state index in [0.717, 1.165) is 17.7 Å². The fourth-order valence-corrected chi connectivity index (χ4v) is 1.24. The van der Waals surface area contributed by atoms with Crippen molar-refractivity contribution in [2.45, 2.75) is 13.3 Å². The first-order valence-electron chi connectivity index (χ1n) is 3.46. The minimum atomic E-state index is 0.591. The summed E-state index contributed by atoms with van der Waals surface area (Å²) in [6.45, 7) is 1.96. The van der Waals surface area contributed by atoms with Crippen molar-refractivity contribution in [3.63, 3.8) is 0 Å². The molecule has 0 unspecified atom stereocenters. The summed E-state index contributed by atoms with van der Waals surface area (Å²) < 4.78 is 0. The van der Waals surface area contributed by atoms with Crippen LogP contribution in [0.3, 0.4) is 0 Å². The summed E-state index contributed by atoms with van der Waals surface area (Å²) in [6, 6.07) is 2.05. The number of thiol groups is 1. The van der Waals surface area contributed by atoms with Crippen molar-refractivity contribution >= 4 is 24.2 Å². The van der Waals surface area contributed by atoms with Gasteiger partial charge in [0.05, 0.1) is 0 Å². The lowest BCUT2D eigenvalue weighted by atomic mass is 10.2. The Labute approximate surface area is 77.2 Å². The number of aryl methyl sites for hydroxylation is 2. The summed E-state index contributed by atoms with van der Waals surface area (Å²) in [4.78, 5) is 4.03. The van der Waals surface area contributed by atoms with Crippen LogP contribution in [0.1, 0.15) is 11.1 Å². The van der Waals surface area contributed by atoms with E-state index in [9.17, 15) is 0 Å². The molecule has 0 aliphatic carbocycles. The van der Waals surface area contributed by atoms with E-state index in [1.165, 1.54) is 5.56 Å². The molecule has 1 aromatic heterocycles. The molecular weight excluding hydrogens is 178 g/mol.